The normalized spacial score (nSPS) is 11.9. The molecule has 1 atom stereocenters. The molecule has 17 heavy (non-hydrogen) atoms. The van der Waals surface area contributed by atoms with Crippen LogP contribution < -0.4 is 0 Å². The van der Waals surface area contributed by atoms with Crippen molar-refractivity contribution < 1.29 is 19.8 Å². The van der Waals surface area contributed by atoms with Crippen molar-refractivity contribution in [2.24, 2.45) is 0 Å². The Kier molecular flexibility index (Phi) is 4.23. The van der Waals surface area contributed by atoms with Crippen LogP contribution in [0, 0.1) is 6.92 Å². The fourth-order valence-electron chi connectivity index (χ4n) is 1.49. The molecule has 1 rings (SSSR count). The van der Waals surface area contributed by atoms with E-state index in [-0.39, 0.29) is 0 Å². The molecule has 0 spiro atoms. The zero-order valence-electron chi connectivity index (χ0n) is 9.75. The molecule has 2 N–H and O–H groups in total. The number of carboxylic acid groups (broad SMARTS) is 1. The van der Waals surface area contributed by atoms with E-state index in [1.807, 2.05) is 13.0 Å². The van der Waals surface area contributed by atoms with Crippen molar-refractivity contribution in [3.05, 3.63) is 35.4 Å². The number of rotatable bonds is 4. The van der Waals surface area contributed by atoms with E-state index in [4.69, 9.17) is 10.2 Å². The maximum atomic E-state index is 12.0. The van der Waals surface area contributed by atoms with Gasteiger partial charge in [-0.3, -0.25) is 4.79 Å². The van der Waals surface area contributed by atoms with Gasteiger partial charge in [-0.25, -0.2) is 4.79 Å². The Morgan fingerprint density at radius 2 is 2.06 bits per heavy atom. The van der Waals surface area contributed by atoms with E-state index in [2.05, 4.69) is 0 Å². The Morgan fingerprint density at radius 3 is 2.53 bits per heavy atom. The first-order valence-electron chi connectivity index (χ1n) is 5.15. The Morgan fingerprint density at radius 1 is 1.41 bits per heavy atom. The summed E-state index contributed by atoms with van der Waals surface area (Å²) in [6.07, 6.45) is 0. The number of aryl methyl sites for hydroxylation is 1. The van der Waals surface area contributed by atoms with E-state index in [1.165, 1.54) is 7.05 Å². The number of aliphatic carboxylic acids is 1. The molecular formula is C12H15NO4. The first kappa shape index (κ1) is 13.2. The topological polar surface area (TPSA) is 77.8 Å². The van der Waals surface area contributed by atoms with Crippen LogP contribution in [0.25, 0.3) is 0 Å². The summed E-state index contributed by atoms with van der Waals surface area (Å²) in [6.45, 7) is 1.24. The van der Waals surface area contributed by atoms with Gasteiger partial charge in [-0.1, -0.05) is 17.7 Å². The van der Waals surface area contributed by atoms with Gasteiger partial charge in [-0.05, 0) is 19.1 Å². The molecule has 0 saturated heterocycles. The van der Waals surface area contributed by atoms with E-state index >= 15 is 0 Å². The molecule has 1 amide bonds. The summed E-state index contributed by atoms with van der Waals surface area (Å²) < 4.78 is 0. The Hall–Kier alpha value is -1.88. The van der Waals surface area contributed by atoms with Gasteiger partial charge >= 0.3 is 5.97 Å². The number of carbonyl (C=O) groups is 2. The predicted molar refractivity (Wildman–Crippen MR) is 61.8 cm³/mol. The average Bonchev–Trinajstić information content (AvgIpc) is 2.28. The zero-order chi connectivity index (χ0) is 13.0. The summed E-state index contributed by atoms with van der Waals surface area (Å²) in [5.74, 6) is -1.65. The second kappa shape index (κ2) is 5.45. The highest BCUT2D eigenvalue weighted by molar-refractivity contribution is 5.96. The number of hydrogen-bond acceptors (Lipinski definition) is 3. The second-order valence-corrected chi connectivity index (χ2v) is 3.82. The summed E-state index contributed by atoms with van der Waals surface area (Å²) in [4.78, 5) is 23.8. The van der Waals surface area contributed by atoms with E-state index in [9.17, 15) is 9.59 Å². The minimum absolute atomic E-state index is 0.409. The first-order chi connectivity index (χ1) is 7.97. The van der Waals surface area contributed by atoms with Crippen molar-refractivity contribution in [2.75, 3.05) is 13.7 Å². The number of nitrogens with zero attached hydrogens (tertiary/aromatic N) is 1. The SMILES string of the molecule is Cc1cccc(C(=O)N(C)C(CO)C(=O)O)c1. The second-order valence-electron chi connectivity index (χ2n) is 3.82. The maximum absolute atomic E-state index is 12.0. The average molecular weight is 237 g/mol. The molecule has 5 nitrogen and oxygen atoms in total. The summed E-state index contributed by atoms with van der Waals surface area (Å²) in [6, 6.07) is 5.64. The Labute approximate surface area is 99.3 Å². The van der Waals surface area contributed by atoms with Gasteiger partial charge in [0.05, 0.1) is 6.61 Å². The quantitative estimate of drug-likeness (QED) is 0.800. The highest BCUT2D eigenvalue weighted by atomic mass is 16.4. The van der Waals surface area contributed by atoms with Gasteiger partial charge in [-0.15, -0.1) is 0 Å². The van der Waals surface area contributed by atoms with E-state index in [0.717, 1.165) is 10.5 Å². The van der Waals surface area contributed by atoms with Crippen molar-refractivity contribution in [1.82, 2.24) is 4.90 Å². The zero-order valence-corrected chi connectivity index (χ0v) is 9.75. The molecule has 0 aliphatic rings. The lowest BCUT2D eigenvalue weighted by Crippen LogP contribution is -2.44. The summed E-state index contributed by atoms with van der Waals surface area (Å²) in [5, 5.41) is 17.8. The third kappa shape index (κ3) is 3.04. The van der Waals surface area contributed by atoms with Crippen molar-refractivity contribution in [2.45, 2.75) is 13.0 Å². The van der Waals surface area contributed by atoms with Crippen molar-refractivity contribution >= 4 is 11.9 Å². The van der Waals surface area contributed by atoms with Gasteiger partial charge in [0.1, 0.15) is 0 Å². The molecule has 1 aromatic rings. The summed E-state index contributed by atoms with van der Waals surface area (Å²) in [7, 11) is 1.36. The monoisotopic (exact) mass is 237 g/mol. The van der Waals surface area contributed by atoms with E-state index < -0.39 is 24.5 Å². The van der Waals surface area contributed by atoms with Gasteiger partial charge in [0.25, 0.3) is 5.91 Å². The number of benzene rings is 1. The molecule has 0 radical (unpaired) electrons. The molecule has 1 aromatic carbocycles. The number of hydrogen-bond donors (Lipinski definition) is 2. The molecule has 0 aliphatic heterocycles. The fourth-order valence-corrected chi connectivity index (χ4v) is 1.49. The molecular weight excluding hydrogens is 222 g/mol. The van der Waals surface area contributed by atoms with Gasteiger partial charge < -0.3 is 15.1 Å². The molecule has 0 saturated carbocycles. The number of likely N-dealkylation sites (N-methyl/N-ethyl adjacent to an activating group) is 1. The fraction of sp³-hybridized carbons (Fsp3) is 0.333. The number of aliphatic hydroxyl groups excluding tert-OH is 1. The van der Waals surface area contributed by atoms with Crippen molar-refractivity contribution in [3.63, 3.8) is 0 Å². The van der Waals surface area contributed by atoms with Crippen LogP contribution in [-0.4, -0.2) is 46.7 Å². The van der Waals surface area contributed by atoms with Crippen LogP contribution in [-0.2, 0) is 4.79 Å². The van der Waals surface area contributed by atoms with Crippen LogP contribution in [0.1, 0.15) is 15.9 Å². The molecule has 0 aromatic heterocycles. The van der Waals surface area contributed by atoms with E-state index in [0.29, 0.717) is 5.56 Å². The molecule has 0 fully saturated rings. The first-order valence-corrected chi connectivity index (χ1v) is 5.15. The highest BCUT2D eigenvalue weighted by Gasteiger charge is 2.26. The third-order valence-electron chi connectivity index (χ3n) is 2.51. The van der Waals surface area contributed by atoms with Crippen molar-refractivity contribution in [1.29, 1.82) is 0 Å². The lowest BCUT2D eigenvalue weighted by Gasteiger charge is -2.23. The number of carbonyl (C=O) groups excluding carboxylic acids is 1. The summed E-state index contributed by atoms with van der Waals surface area (Å²) in [5.41, 5.74) is 1.33. The smallest absolute Gasteiger partial charge is 0.328 e. The standard InChI is InChI=1S/C12H15NO4/c1-8-4-3-5-9(6-8)11(15)13(2)10(7-14)12(16)17/h3-6,10,14H,7H2,1-2H3,(H,16,17). The van der Waals surface area contributed by atoms with Crippen LogP contribution in [0.15, 0.2) is 24.3 Å². The lowest BCUT2D eigenvalue weighted by molar-refractivity contribution is -0.143. The highest BCUT2D eigenvalue weighted by Crippen LogP contribution is 2.09. The molecule has 0 heterocycles. The molecule has 0 bridgehead atoms. The molecule has 92 valence electrons. The largest absolute Gasteiger partial charge is 0.480 e. The number of carboxylic acids is 1. The number of amides is 1. The molecule has 0 aliphatic carbocycles. The maximum Gasteiger partial charge on any atom is 0.328 e. The number of aliphatic hydroxyl groups is 1. The molecule has 5 heteroatoms. The third-order valence-corrected chi connectivity index (χ3v) is 2.51. The van der Waals surface area contributed by atoms with Crippen LogP contribution >= 0.6 is 0 Å². The predicted octanol–water partition coefficient (Wildman–Crippen LogP) is 0.513. The van der Waals surface area contributed by atoms with Gasteiger partial charge in [0.2, 0.25) is 0 Å². The van der Waals surface area contributed by atoms with Crippen LogP contribution in [0.3, 0.4) is 0 Å². The van der Waals surface area contributed by atoms with Crippen LogP contribution in [0.2, 0.25) is 0 Å². The van der Waals surface area contributed by atoms with Gasteiger partial charge in [-0.2, -0.15) is 0 Å². The Balaban J connectivity index is 2.93. The van der Waals surface area contributed by atoms with Crippen molar-refractivity contribution in [3.8, 4) is 0 Å². The van der Waals surface area contributed by atoms with Crippen LogP contribution in [0.5, 0.6) is 0 Å². The lowest BCUT2D eigenvalue weighted by atomic mass is 10.1. The minimum Gasteiger partial charge on any atom is -0.480 e. The van der Waals surface area contributed by atoms with Gasteiger partial charge in [0, 0.05) is 12.6 Å². The molecule has 1 unspecified atom stereocenters. The van der Waals surface area contributed by atoms with E-state index in [1.54, 1.807) is 18.2 Å². The Bertz CT molecular complexity index is 430. The summed E-state index contributed by atoms with van der Waals surface area (Å²) >= 11 is 0. The van der Waals surface area contributed by atoms with Crippen LogP contribution in [0.4, 0.5) is 0 Å². The van der Waals surface area contributed by atoms with Gasteiger partial charge in [0.15, 0.2) is 6.04 Å². The minimum atomic E-state index is -1.23.